The van der Waals surface area contributed by atoms with Crippen LogP contribution in [0.5, 0.6) is 0 Å². The number of piperidine rings is 1. The summed E-state index contributed by atoms with van der Waals surface area (Å²) in [5.41, 5.74) is 0. The molecule has 0 bridgehead atoms. The Morgan fingerprint density at radius 2 is 2.10 bits per heavy atom. The minimum Gasteiger partial charge on any atom is -0.354 e. The SMILES string of the molecule is C=CCCCN(C)C(=NC)NCCN1C(=O)CCCC1=O. The first-order valence-electron chi connectivity index (χ1n) is 7.46. The van der Waals surface area contributed by atoms with Crippen molar-refractivity contribution >= 4 is 17.8 Å². The highest BCUT2D eigenvalue weighted by molar-refractivity contribution is 5.97. The maximum atomic E-state index is 11.7. The highest BCUT2D eigenvalue weighted by atomic mass is 16.2. The molecule has 1 saturated heterocycles. The zero-order valence-electron chi connectivity index (χ0n) is 13.1. The number of carbonyl (C=O) groups excluding carboxylic acids is 2. The second-order valence-corrected chi connectivity index (χ2v) is 5.12. The summed E-state index contributed by atoms with van der Waals surface area (Å²) < 4.78 is 0. The molecule has 6 nitrogen and oxygen atoms in total. The van der Waals surface area contributed by atoms with Gasteiger partial charge in [0.15, 0.2) is 5.96 Å². The summed E-state index contributed by atoms with van der Waals surface area (Å²) in [4.78, 5) is 31.0. The van der Waals surface area contributed by atoms with Gasteiger partial charge in [0, 0.05) is 46.6 Å². The van der Waals surface area contributed by atoms with Gasteiger partial charge in [0.05, 0.1) is 0 Å². The third-order valence-electron chi connectivity index (χ3n) is 3.48. The molecule has 0 aromatic heterocycles. The minimum atomic E-state index is -0.0672. The van der Waals surface area contributed by atoms with Crippen molar-refractivity contribution in [2.24, 2.45) is 4.99 Å². The van der Waals surface area contributed by atoms with Gasteiger partial charge in [0.2, 0.25) is 11.8 Å². The number of carbonyl (C=O) groups is 2. The standard InChI is InChI=1S/C15H26N4O2/c1-4-5-6-11-18(3)15(16-2)17-10-12-19-13(20)8-7-9-14(19)21/h4H,1,5-12H2,2-3H3,(H,16,17). The first-order chi connectivity index (χ1) is 10.1. The maximum Gasteiger partial charge on any atom is 0.229 e. The Morgan fingerprint density at radius 1 is 1.43 bits per heavy atom. The highest BCUT2D eigenvalue weighted by Gasteiger charge is 2.25. The first kappa shape index (κ1) is 17.2. The van der Waals surface area contributed by atoms with E-state index in [0.29, 0.717) is 32.4 Å². The van der Waals surface area contributed by atoms with Crippen molar-refractivity contribution in [1.82, 2.24) is 15.1 Å². The van der Waals surface area contributed by atoms with Gasteiger partial charge in [0.1, 0.15) is 0 Å². The van der Waals surface area contributed by atoms with Gasteiger partial charge >= 0.3 is 0 Å². The Balaban J connectivity index is 2.36. The molecule has 1 aliphatic rings. The molecule has 2 amide bonds. The molecule has 1 aliphatic heterocycles. The molecular formula is C15H26N4O2. The van der Waals surface area contributed by atoms with Crippen molar-refractivity contribution in [2.45, 2.75) is 32.1 Å². The fourth-order valence-electron chi connectivity index (χ4n) is 2.29. The van der Waals surface area contributed by atoms with Gasteiger partial charge in [-0.3, -0.25) is 19.5 Å². The molecule has 0 spiro atoms. The quantitative estimate of drug-likeness (QED) is 0.250. The molecule has 6 heteroatoms. The summed E-state index contributed by atoms with van der Waals surface area (Å²) in [6, 6.07) is 0. The fraction of sp³-hybridized carbons (Fsp3) is 0.667. The predicted octanol–water partition coefficient (Wildman–Crippen LogP) is 0.999. The van der Waals surface area contributed by atoms with Crippen LogP contribution in [-0.4, -0.2) is 61.3 Å². The zero-order valence-corrected chi connectivity index (χ0v) is 13.1. The number of likely N-dealkylation sites (tertiary alicyclic amines) is 1. The van der Waals surface area contributed by atoms with Gasteiger partial charge in [-0.25, -0.2) is 0 Å². The number of nitrogens with one attached hydrogen (secondary N) is 1. The van der Waals surface area contributed by atoms with E-state index < -0.39 is 0 Å². The number of aliphatic imine (C=N–C) groups is 1. The van der Waals surface area contributed by atoms with Crippen molar-refractivity contribution in [2.75, 3.05) is 33.7 Å². The van der Waals surface area contributed by atoms with Crippen molar-refractivity contribution < 1.29 is 9.59 Å². The van der Waals surface area contributed by atoms with Gasteiger partial charge in [0.25, 0.3) is 0 Å². The van der Waals surface area contributed by atoms with E-state index in [9.17, 15) is 9.59 Å². The Labute approximate surface area is 126 Å². The summed E-state index contributed by atoms with van der Waals surface area (Å²) in [5, 5.41) is 3.19. The van der Waals surface area contributed by atoms with Crippen LogP contribution >= 0.6 is 0 Å². The number of allylic oxidation sites excluding steroid dienone is 1. The van der Waals surface area contributed by atoms with Crippen LogP contribution in [0.25, 0.3) is 0 Å². The van der Waals surface area contributed by atoms with Crippen molar-refractivity contribution in [1.29, 1.82) is 0 Å². The number of hydrogen-bond donors (Lipinski definition) is 1. The van der Waals surface area contributed by atoms with Crippen LogP contribution in [-0.2, 0) is 9.59 Å². The van der Waals surface area contributed by atoms with Crippen LogP contribution in [0.4, 0.5) is 0 Å². The molecule has 0 aromatic rings. The number of guanidine groups is 1. The molecule has 1 fully saturated rings. The van der Waals surface area contributed by atoms with Gasteiger partial charge in [-0.1, -0.05) is 6.08 Å². The lowest BCUT2D eigenvalue weighted by atomic mass is 10.1. The molecule has 1 N–H and O–H groups in total. The average Bonchev–Trinajstić information content (AvgIpc) is 2.46. The largest absolute Gasteiger partial charge is 0.354 e. The smallest absolute Gasteiger partial charge is 0.229 e. The van der Waals surface area contributed by atoms with E-state index in [1.54, 1.807) is 7.05 Å². The molecule has 0 radical (unpaired) electrons. The normalized spacial score (nSPS) is 16.1. The van der Waals surface area contributed by atoms with Gasteiger partial charge in [-0.15, -0.1) is 6.58 Å². The molecular weight excluding hydrogens is 268 g/mol. The Hall–Kier alpha value is -1.85. The zero-order chi connectivity index (χ0) is 15.7. The molecule has 0 aliphatic carbocycles. The van der Waals surface area contributed by atoms with Gasteiger partial charge in [-0.05, 0) is 19.3 Å². The fourth-order valence-corrected chi connectivity index (χ4v) is 2.29. The Kier molecular flexibility index (Phi) is 7.50. The number of rotatable bonds is 7. The molecule has 21 heavy (non-hydrogen) atoms. The van der Waals surface area contributed by atoms with E-state index >= 15 is 0 Å². The van der Waals surface area contributed by atoms with E-state index in [1.165, 1.54) is 4.90 Å². The Morgan fingerprint density at radius 3 is 2.67 bits per heavy atom. The number of unbranched alkanes of at least 4 members (excludes halogenated alkanes) is 1. The second-order valence-electron chi connectivity index (χ2n) is 5.12. The van der Waals surface area contributed by atoms with E-state index in [1.807, 2.05) is 18.0 Å². The van der Waals surface area contributed by atoms with Crippen LogP contribution in [0.15, 0.2) is 17.6 Å². The Bertz CT molecular complexity index is 390. The van der Waals surface area contributed by atoms with Crippen LogP contribution in [0.1, 0.15) is 32.1 Å². The summed E-state index contributed by atoms with van der Waals surface area (Å²) in [6.45, 7) is 5.51. The van der Waals surface area contributed by atoms with Crippen molar-refractivity contribution in [3.05, 3.63) is 12.7 Å². The molecule has 0 unspecified atom stereocenters. The van der Waals surface area contributed by atoms with E-state index in [0.717, 1.165) is 25.3 Å². The van der Waals surface area contributed by atoms with Crippen molar-refractivity contribution in [3.8, 4) is 0 Å². The lowest BCUT2D eigenvalue weighted by Crippen LogP contribution is -2.47. The topological polar surface area (TPSA) is 65.0 Å². The van der Waals surface area contributed by atoms with Gasteiger partial charge in [-0.2, -0.15) is 0 Å². The lowest BCUT2D eigenvalue weighted by Gasteiger charge is -2.26. The summed E-state index contributed by atoms with van der Waals surface area (Å²) in [7, 11) is 3.69. The molecule has 118 valence electrons. The van der Waals surface area contributed by atoms with Crippen LogP contribution in [0, 0.1) is 0 Å². The van der Waals surface area contributed by atoms with E-state index in [-0.39, 0.29) is 11.8 Å². The van der Waals surface area contributed by atoms with Crippen LogP contribution < -0.4 is 5.32 Å². The number of imide groups is 1. The first-order valence-corrected chi connectivity index (χ1v) is 7.46. The van der Waals surface area contributed by atoms with Crippen LogP contribution in [0.3, 0.4) is 0 Å². The second kappa shape index (κ2) is 9.15. The number of nitrogens with zero attached hydrogens (tertiary/aromatic N) is 3. The van der Waals surface area contributed by atoms with E-state index in [2.05, 4.69) is 16.9 Å². The number of hydrogen-bond acceptors (Lipinski definition) is 3. The molecule has 1 heterocycles. The lowest BCUT2D eigenvalue weighted by molar-refractivity contribution is -0.147. The molecule has 0 atom stereocenters. The van der Waals surface area contributed by atoms with Crippen molar-refractivity contribution in [3.63, 3.8) is 0 Å². The molecule has 0 saturated carbocycles. The third-order valence-corrected chi connectivity index (χ3v) is 3.48. The maximum absolute atomic E-state index is 11.7. The molecule has 0 aromatic carbocycles. The summed E-state index contributed by atoms with van der Waals surface area (Å²) in [5.74, 6) is 0.640. The average molecular weight is 294 g/mol. The van der Waals surface area contributed by atoms with E-state index in [4.69, 9.17) is 0 Å². The highest BCUT2D eigenvalue weighted by Crippen LogP contribution is 2.11. The summed E-state index contributed by atoms with van der Waals surface area (Å²) >= 11 is 0. The number of amides is 2. The predicted molar refractivity (Wildman–Crippen MR) is 84.0 cm³/mol. The minimum absolute atomic E-state index is 0.0672. The summed E-state index contributed by atoms with van der Waals surface area (Å²) in [6.07, 6.45) is 5.51. The molecule has 1 rings (SSSR count). The van der Waals surface area contributed by atoms with Gasteiger partial charge < -0.3 is 10.2 Å². The monoisotopic (exact) mass is 294 g/mol. The van der Waals surface area contributed by atoms with Crippen LogP contribution in [0.2, 0.25) is 0 Å². The third kappa shape index (κ3) is 5.57.